The van der Waals surface area contributed by atoms with E-state index in [1.807, 2.05) is 0 Å². The molecule has 5 rings (SSSR count). The van der Waals surface area contributed by atoms with Crippen molar-refractivity contribution in [1.82, 2.24) is 5.32 Å². The molecular weight excluding hydrogens is 238 g/mol. The Balaban J connectivity index is 1.48. The fraction of sp³-hybridized carbons (Fsp3) is 0.938. The molecular formula is C16H25NO2. The highest BCUT2D eigenvalue weighted by molar-refractivity contribution is 5.80. The van der Waals surface area contributed by atoms with Crippen LogP contribution < -0.4 is 5.32 Å². The van der Waals surface area contributed by atoms with Gasteiger partial charge in [-0.15, -0.1) is 0 Å². The molecule has 5 fully saturated rings. The molecule has 0 aromatic carbocycles. The second kappa shape index (κ2) is 4.21. The fourth-order valence-corrected chi connectivity index (χ4v) is 5.62. The summed E-state index contributed by atoms with van der Waals surface area (Å²) in [5.74, 6) is 3.66. The van der Waals surface area contributed by atoms with Crippen LogP contribution in [-0.2, 0) is 4.79 Å². The molecule has 1 amide bonds. The Hall–Kier alpha value is -0.570. The van der Waals surface area contributed by atoms with Crippen molar-refractivity contribution in [3.05, 3.63) is 0 Å². The van der Waals surface area contributed by atoms with Crippen LogP contribution in [0.4, 0.5) is 0 Å². The predicted octanol–water partition coefficient (Wildman–Crippen LogP) is 2.09. The second-order valence-electron chi connectivity index (χ2n) is 7.74. The fourth-order valence-electron chi connectivity index (χ4n) is 5.62. The van der Waals surface area contributed by atoms with E-state index < -0.39 is 0 Å². The molecule has 106 valence electrons. The summed E-state index contributed by atoms with van der Waals surface area (Å²) in [6.45, 7) is 0.117. The van der Waals surface area contributed by atoms with Gasteiger partial charge in [-0.2, -0.15) is 0 Å². The third-order valence-corrected chi connectivity index (χ3v) is 6.53. The molecule has 3 nitrogen and oxygen atoms in total. The van der Waals surface area contributed by atoms with Crippen LogP contribution in [0.25, 0.3) is 0 Å². The molecule has 5 aliphatic rings. The lowest BCUT2D eigenvalue weighted by Gasteiger charge is -2.54. The van der Waals surface area contributed by atoms with E-state index in [4.69, 9.17) is 0 Å². The van der Waals surface area contributed by atoms with Gasteiger partial charge in [0, 0.05) is 5.92 Å². The summed E-state index contributed by atoms with van der Waals surface area (Å²) in [6, 6.07) is 0. The highest BCUT2D eigenvalue weighted by Gasteiger charge is 2.52. The van der Waals surface area contributed by atoms with Crippen molar-refractivity contribution < 1.29 is 9.90 Å². The zero-order valence-electron chi connectivity index (χ0n) is 11.6. The number of hydrogen-bond donors (Lipinski definition) is 2. The Morgan fingerprint density at radius 1 is 1.05 bits per heavy atom. The van der Waals surface area contributed by atoms with Crippen molar-refractivity contribution in [3.63, 3.8) is 0 Å². The number of carbonyl (C=O) groups excluding carboxylic acids is 1. The van der Waals surface area contributed by atoms with Gasteiger partial charge in [0.25, 0.3) is 0 Å². The molecule has 0 spiro atoms. The molecule has 0 saturated heterocycles. The smallest absolute Gasteiger partial charge is 0.224 e. The molecule has 19 heavy (non-hydrogen) atoms. The molecule has 0 aromatic rings. The van der Waals surface area contributed by atoms with Crippen LogP contribution in [0.5, 0.6) is 0 Å². The van der Waals surface area contributed by atoms with Crippen LogP contribution in [0.3, 0.4) is 0 Å². The van der Waals surface area contributed by atoms with E-state index in [0.29, 0.717) is 11.8 Å². The van der Waals surface area contributed by atoms with Gasteiger partial charge in [0.15, 0.2) is 0 Å². The summed E-state index contributed by atoms with van der Waals surface area (Å²) >= 11 is 0. The predicted molar refractivity (Wildman–Crippen MR) is 72.3 cm³/mol. The highest BCUT2D eigenvalue weighted by Crippen LogP contribution is 2.56. The Kier molecular flexibility index (Phi) is 2.70. The van der Waals surface area contributed by atoms with Gasteiger partial charge in [-0.1, -0.05) is 0 Å². The number of nitrogens with one attached hydrogen (secondary N) is 1. The van der Waals surface area contributed by atoms with Gasteiger partial charge in [-0.3, -0.25) is 4.79 Å². The van der Waals surface area contributed by atoms with Crippen molar-refractivity contribution in [1.29, 1.82) is 0 Å². The quantitative estimate of drug-likeness (QED) is 0.819. The summed E-state index contributed by atoms with van der Waals surface area (Å²) in [4.78, 5) is 12.7. The number of amides is 1. The minimum atomic E-state index is -0.258. The third-order valence-electron chi connectivity index (χ3n) is 6.53. The van der Waals surface area contributed by atoms with Crippen LogP contribution in [0, 0.1) is 29.6 Å². The van der Waals surface area contributed by atoms with Crippen LogP contribution in [0.2, 0.25) is 0 Å². The standard InChI is InChI=1S/C16H25NO2/c18-9-16(2-1-3-16)17-15(19)14-12-5-10-4-11(7-12)8-13(14)6-10/h10-14,18H,1-9H2,(H,17,19). The molecule has 2 N–H and O–H groups in total. The van der Waals surface area contributed by atoms with E-state index in [9.17, 15) is 9.90 Å². The van der Waals surface area contributed by atoms with E-state index in [1.54, 1.807) is 0 Å². The molecule has 0 atom stereocenters. The monoisotopic (exact) mass is 263 g/mol. The molecule has 3 heteroatoms. The van der Waals surface area contributed by atoms with Crippen LogP contribution in [0.1, 0.15) is 51.4 Å². The number of rotatable bonds is 3. The Bertz CT molecular complexity index is 355. The molecule has 0 radical (unpaired) electrons. The van der Waals surface area contributed by atoms with Gasteiger partial charge in [-0.25, -0.2) is 0 Å². The molecule has 0 unspecified atom stereocenters. The maximum absolute atomic E-state index is 12.7. The maximum atomic E-state index is 12.7. The van der Waals surface area contributed by atoms with Crippen molar-refractivity contribution in [2.24, 2.45) is 29.6 Å². The topological polar surface area (TPSA) is 49.3 Å². The number of aliphatic hydroxyl groups excluding tert-OH is 1. The van der Waals surface area contributed by atoms with Gasteiger partial charge in [0.05, 0.1) is 12.1 Å². The van der Waals surface area contributed by atoms with E-state index >= 15 is 0 Å². The van der Waals surface area contributed by atoms with Crippen molar-refractivity contribution in [2.45, 2.75) is 56.9 Å². The third kappa shape index (κ3) is 1.84. The molecule has 0 aliphatic heterocycles. The summed E-state index contributed by atoms with van der Waals surface area (Å²) in [6.07, 6.45) is 9.65. The summed E-state index contributed by atoms with van der Waals surface area (Å²) in [5.41, 5.74) is -0.258. The first-order valence-corrected chi connectivity index (χ1v) is 8.12. The first kappa shape index (κ1) is 12.2. The average Bonchev–Trinajstić information content (AvgIpc) is 2.32. The highest BCUT2D eigenvalue weighted by atomic mass is 16.3. The number of hydrogen-bond acceptors (Lipinski definition) is 2. The molecule has 5 aliphatic carbocycles. The van der Waals surface area contributed by atoms with Gasteiger partial charge in [0.1, 0.15) is 0 Å². The number of aliphatic hydroxyl groups is 1. The molecule has 5 saturated carbocycles. The van der Waals surface area contributed by atoms with Crippen molar-refractivity contribution in [2.75, 3.05) is 6.61 Å². The van der Waals surface area contributed by atoms with Crippen molar-refractivity contribution in [3.8, 4) is 0 Å². The first-order valence-electron chi connectivity index (χ1n) is 8.12. The molecule has 4 bridgehead atoms. The lowest BCUT2D eigenvalue weighted by atomic mass is 9.51. The normalized spacial score (nSPS) is 45.8. The van der Waals surface area contributed by atoms with Crippen LogP contribution >= 0.6 is 0 Å². The average molecular weight is 263 g/mol. The van der Waals surface area contributed by atoms with E-state index in [-0.39, 0.29) is 24.0 Å². The zero-order chi connectivity index (χ0) is 13.0. The van der Waals surface area contributed by atoms with Gasteiger partial charge < -0.3 is 10.4 Å². The lowest BCUT2D eigenvalue weighted by Crippen LogP contribution is -2.60. The van der Waals surface area contributed by atoms with Gasteiger partial charge in [-0.05, 0) is 75.0 Å². The molecule has 0 heterocycles. The Morgan fingerprint density at radius 2 is 1.63 bits per heavy atom. The second-order valence-corrected chi connectivity index (χ2v) is 7.74. The van der Waals surface area contributed by atoms with Crippen molar-refractivity contribution >= 4 is 5.91 Å². The van der Waals surface area contributed by atoms with E-state index in [0.717, 1.165) is 31.1 Å². The minimum absolute atomic E-state index is 0.117. The van der Waals surface area contributed by atoms with Crippen LogP contribution in [0.15, 0.2) is 0 Å². The van der Waals surface area contributed by atoms with E-state index in [2.05, 4.69) is 5.32 Å². The summed E-state index contributed by atoms with van der Waals surface area (Å²) < 4.78 is 0. The maximum Gasteiger partial charge on any atom is 0.224 e. The lowest BCUT2D eigenvalue weighted by molar-refractivity contribution is -0.142. The van der Waals surface area contributed by atoms with Gasteiger partial charge >= 0.3 is 0 Å². The minimum Gasteiger partial charge on any atom is -0.394 e. The van der Waals surface area contributed by atoms with Crippen LogP contribution in [-0.4, -0.2) is 23.2 Å². The summed E-state index contributed by atoms with van der Waals surface area (Å²) in [5, 5.41) is 12.7. The SMILES string of the molecule is O=C(NC1(CO)CCC1)C1C2CC3CC(C2)CC1C3. The molecule has 0 aromatic heterocycles. The first-order chi connectivity index (χ1) is 9.19. The number of carbonyl (C=O) groups is 1. The van der Waals surface area contributed by atoms with E-state index in [1.165, 1.54) is 32.1 Å². The summed E-state index contributed by atoms with van der Waals surface area (Å²) in [7, 11) is 0. The largest absolute Gasteiger partial charge is 0.394 e. The van der Waals surface area contributed by atoms with Gasteiger partial charge in [0.2, 0.25) is 5.91 Å². The Labute approximate surface area is 115 Å². The Morgan fingerprint density at radius 3 is 2.05 bits per heavy atom. The zero-order valence-corrected chi connectivity index (χ0v) is 11.6.